The number of aryl methyl sites for hydroxylation is 1. The lowest BCUT2D eigenvalue weighted by Gasteiger charge is -2.16. The highest BCUT2D eigenvalue weighted by atomic mass is 35.5. The molecule has 5 heteroatoms. The van der Waals surface area contributed by atoms with Gasteiger partial charge in [-0.05, 0) is 11.8 Å². The van der Waals surface area contributed by atoms with Gasteiger partial charge < -0.3 is 9.67 Å². The molecule has 82 valence electrons. The van der Waals surface area contributed by atoms with Gasteiger partial charge in [0.15, 0.2) is 5.15 Å². The Hall–Kier alpha value is -1.03. The summed E-state index contributed by atoms with van der Waals surface area (Å²) < 4.78 is 1.70. The number of aromatic nitrogens is 2. The van der Waals surface area contributed by atoms with Crippen LogP contribution < -0.4 is 0 Å². The van der Waals surface area contributed by atoms with E-state index < -0.39 is 11.4 Å². The highest BCUT2D eigenvalue weighted by Crippen LogP contribution is 2.65. The van der Waals surface area contributed by atoms with Crippen molar-refractivity contribution in [2.24, 2.45) is 12.5 Å². The first-order valence-electron chi connectivity index (χ1n) is 4.73. The van der Waals surface area contributed by atoms with Crippen LogP contribution in [0.1, 0.15) is 26.0 Å². The van der Waals surface area contributed by atoms with Crippen LogP contribution >= 0.6 is 11.6 Å². The van der Waals surface area contributed by atoms with Crippen molar-refractivity contribution in [2.75, 3.05) is 0 Å². The fourth-order valence-corrected chi connectivity index (χ4v) is 2.71. The van der Waals surface area contributed by atoms with Gasteiger partial charge in [-0.3, -0.25) is 4.79 Å². The predicted molar refractivity (Wildman–Crippen MR) is 55.9 cm³/mol. The molecule has 0 aliphatic heterocycles. The average Bonchev–Trinajstić information content (AvgIpc) is 2.51. The molecule has 2 rings (SSSR count). The van der Waals surface area contributed by atoms with Gasteiger partial charge in [0.1, 0.15) is 5.41 Å². The number of imidazole rings is 1. The first kappa shape index (κ1) is 10.5. The summed E-state index contributed by atoms with van der Waals surface area (Å²) in [5.74, 6) is -0.821. The molecular formula is C10H13ClN2O2. The largest absolute Gasteiger partial charge is 0.481 e. The van der Waals surface area contributed by atoms with Gasteiger partial charge in [-0.25, -0.2) is 4.98 Å². The second-order valence-electron chi connectivity index (χ2n) is 4.77. The minimum absolute atomic E-state index is 0.254. The molecule has 15 heavy (non-hydrogen) atoms. The summed E-state index contributed by atoms with van der Waals surface area (Å²) in [4.78, 5) is 15.3. The van der Waals surface area contributed by atoms with Crippen molar-refractivity contribution >= 4 is 17.6 Å². The van der Waals surface area contributed by atoms with E-state index in [9.17, 15) is 9.90 Å². The smallest absolute Gasteiger partial charge is 0.316 e. The second-order valence-corrected chi connectivity index (χ2v) is 5.12. The van der Waals surface area contributed by atoms with Crippen molar-refractivity contribution in [1.29, 1.82) is 0 Å². The van der Waals surface area contributed by atoms with E-state index in [4.69, 9.17) is 11.6 Å². The predicted octanol–water partition coefficient (Wildman–Crippen LogP) is 1.83. The number of rotatable bonds is 2. The lowest BCUT2D eigenvalue weighted by atomic mass is 9.92. The zero-order valence-corrected chi connectivity index (χ0v) is 9.67. The molecule has 1 N–H and O–H groups in total. The van der Waals surface area contributed by atoms with E-state index in [2.05, 4.69) is 4.98 Å². The van der Waals surface area contributed by atoms with Crippen LogP contribution in [0.3, 0.4) is 0 Å². The Labute approximate surface area is 92.9 Å². The molecule has 1 aromatic heterocycles. The zero-order valence-electron chi connectivity index (χ0n) is 8.91. The summed E-state index contributed by atoms with van der Waals surface area (Å²) in [6.45, 7) is 3.87. The number of carboxylic acids is 1. The minimum Gasteiger partial charge on any atom is -0.481 e. The third-order valence-corrected chi connectivity index (χ3v) is 3.68. The number of aliphatic carboxylic acids is 1. The van der Waals surface area contributed by atoms with E-state index >= 15 is 0 Å². The number of hydrogen-bond donors (Lipinski definition) is 1. The first-order valence-corrected chi connectivity index (χ1v) is 5.11. The zero-order chi connectivity index (χ0) is 11.4. The molecule has 0 radical (unpaired) electrons. The fraction of sp³-hybridized carbons (Fsp3) is 0.600. The Bertz CT molecular complexity index is 419. The van der Waals surface area contributed by atoms with Crippen molar-refractivity contribution < 1.29 is 9.90 Å². The second kappa shape index (κ2) is 2.76. The van der Waals surface area contributed by atoms with E-state index in [0.717, 1.165) is 0 Å². The van der Waals surface area contributed by atoms with Gasteiger partial charge in [-0.2, -0.15) is 0 Å². The molecule has 1 aliphatic rings. The van der Waals surface area contributed by atoms with Crippen LogP contribution in [0.25, 0.3) is 0 Å². The quantitative estimate of drug-likeness (QED) is 0.840. The highest BCUT2D eigenvalue weighted by molar-refractivity contribution is 6.30. The monoisotopic (exact) mass is 228 g/mol. The topological polar surface area (TPSA) is 55.1 Å². The minimum atomic E-state index is -0.866. The van der Waals surface area contributed by atoms with Gasteiger partial charge in [0, 0.05) is 7.05 Å². The molecule has 1 saturated carbocycles. The molecule has 1 atom stereocenters. The van der Waals surface area contributed by atoms with Crippen molar-refractivity contribution in [2.45, 2.75) is 25.7 Å². The normalized spacial score (nSPS) is 27.7. The van der Waals surface area contributed by atoms with Gasteiger partial charge >= 0.3 is 5.97 Å². The third kappa shape index (κ3) is 1.14. The summed E-state index contributed by atoms with van der Waals surface area (Å²) in [7, 11) is 1.77. The highest BCUT2D eigenvalue weighted by Gasteiger charge is 2.70. The van der Waals surface area contributed by atoms with Crippen molar-refractivity contribution in [3.63, 3.8) is 0 Å². The molecule has 0 amide bonds. The molecule has 0 bridgehead atoms. The van der Waals surface area contributed by atoms with Crippen LogP contribution in [0.2, 0.25) is 5.15 Å². The standard InChI is InChI=1S/C10H13ClN2O2/c1-9(2)4-10(9,8(14)15)6-7(11)12-5-13(6)3/h5H,4H2,1-3H3,(H,14,15). The van der Waals surface area contributed by atoms with Gasteiger partial charge in [0.2, 0.25) is 0 Å². The molecule has 1 unspecified atom stereocenters. The number of hydrogen-bond acceptors (Lipinski definition) is 2. The summed E-state index contributed by atoms with van der Waals surface area (Å²) >= 11 is 5.95. The van der Waals surface area contributed by atoms with Crippen LogP contribution in [0.5, 0.6) is 0 Å². The van der Waals surface area contributed by atoms with Crippen LogP contribution in [-0.4, -0.2) is 20.6 Å². The maximum atomic E-state index is 11.4. The number of carboxylic acid groups (broad SMARTS) is 1. The van der Waals surface area contributed by atoms with Gasteiger partial charge in [-0.15, -0.1) is 0 Å². The van der Waals surface area contributed by atoms with Crippen molar-refractivity contribution in [3.05, 3.63) is 17.2 Å². The molecule has 0 spiro atoms. The average molecular weight is 229 g/mol. The first-order chi connectivity index (χ1) is 6.83. The van der Waals surface area contributed by atoms with Crippen molar-refractivity contribution in [1.82, 2.24) is 9.55 Å². The van der Waals surface area contributed by atoms with E-state index in [-0.39, 0.29) is 5.41 Å². The Morgan fingerprint density at radius 2 is 2.20 bits per heavy atom. The fourth-order valence-electron chi connectivity index (χ4n) is 2.37. The summed E-state index contributed by atoms with van der Waals surface area (Å²) in [6.07, 6.45) is 2.16. The van der Waals surface area contributed by atoms with Crippen LogP contribution in [0, 0.1) is 5.41 Å². The molecule has 4 nitrogen and oxygen atoms in total. The number of carbonyl (C=O) groups is 1. The number of halogens is 1. The Balaban J connectivity index is 2.59. The van der Waals surface area contributed by atoms with Gasteiger partial charge in [0.05, 0.1) is 12.0 Å². The Kier molecular flexibility index (Phi) is 1.93. The molecule has 1 fully saturated rings. The van der Waals surface area contributed by atoms with Gasteiger partial charge in [0.25, 0.3) is 0 Å². The molecule has 1 heterocycles. The molecule has 0 aromatic carbocycles. The van der Waals surface area contributed by atoms with Crippen LogP contribution in [-0.2, 0) is 17.3 Å². The molecule has 1 aliphatic carbocycles. The van der Waals surface area contributed by atoms with Crippen LogP contribution in [0.15, 0.2) is 6.33 Å². The summed E-state index contributed by atoms with van der Waals surface area (Å²) in [5, 5.41) is 9.66. The van der Waals surface area contributed by atoms with E-state index in [1.165, 1.54) is 0 Å². The molecule has 0 saturated heterocycles. The summed E-state index contributed by atoms with van der Waals surface area (Å²) in [5.41, 5.74) is -0.507. The van der Waals surface area contributed by atoms with Crippen LogP contribution in [0.4, 0.5) is 0 Å². The maximum Gasteiger partial charge on any atom is 0.316 e. The molecular weight excluding hydrogens is 216 g/mol. The van der Waals surface area contributed by atoms with Gasteiger partial charge in [-0.1, -0.05) is 25.4 Å². The van der Waals surface area contributed by atoms with E-state index in [1.807, 2.05) is 13.8 Å². The lowest BCUT2D eigenvalue weighted by Crippen LogP contribution is -2.28. The van der Waals surface area contributed by atoms with Crippen molar-refractivity contribution in [3.8, 4) is 0 Å². The Morgan fingerprint density at radius 3 is 2.47 bits per heavy atom. The summed E-state index contributed by atoms with van der Waals surface area (Å²) in [6, 6.07) is 0. The lowest BCUT2D eigenvalue weighted by molar-refractivity contribution is -0.141. The Morgan fingerprint density at radius 1 is 1.67 bits per heavy atom. The maximum absolute atomic E-state index is 11.4. The number of nitrogens with zero attached hydrogens (tertiary/aromatic N) is 2. The SMILES string of the molecule is Cn1cnc(Cl)c1C1(C(=O)O)CC1(C)C. The van der Waals surface area contributed by atoms with E-state index in [1.54, 1.807) is 17.9 Å². The molecule has 1 aromatic rings. The third-order valence-electron chi connectivity index (χ3n) is 3.40. The van der Waals surface area contributed by atoms with E-state index in [0.29, 0.717) is 17.3 Å².